The van der Waals surface area contributed by atoms with Crippen molar-refractivity contribution in [2.45, 2.75) is 18.6 Å². The lowest BCUT2D eigenvalue weighted by Crippen LogP contribution is -2.41. The Balaban J connectivity index is 1.55. The van der Waals surface area contributed by atoms with Crippen LogP contribution in [0.4, 0.5) is 5.82 Å². The van der Waals surface area contributed by atoms with Crippen molar-refractivity contribution in [3.05, 3.63) is 107 Å². The molecule has 3 heterocycles. The molecule has 2 aromatic carbocycles. The quantitative estimate of drug-likeness (QED) is 0.389. The third-order valence-electron chi connectivity index (χ3n) is 6.13. The number of nitrogens with zero attached hydrogens (tertiary/aromatic N) is 4. The molecule has 1 aliphatic heterocycles. The van der Waals surface area contributed by atoms with E-state index in [0.29, 0.717) is 22.2 Å². The van der Waals surface area contributed by atoms with Crippen LogP contribution in [0.1, 0.15) is 33.3 Å². The zero-order chi connectivity index (χ0) is 26.0. The molecule has 4 aromatic rings. The highest BCUT2D eigenvalue weighted by atomic mass is 16.6. The molecule has 5 rings (SSSR count). The predicted molar refractivity (Wildman–Crippen MR) is 131 cm³/mol. The van der Waals surface area contributed by atoms with Crippen LogP contribution < -0.4 is 5.32 Å². The summed E-state index contributed by atoms with van der Waals surface area (Å²) in [6, 6.07) is 22.4. The second kappa shape index (κ2) is 9.56. The highest BCUT2D eigenvalue weighted by molar-refractivity contribution is 6.05. The van der Waals surface area contributed by atoms with Crippen LogP contribution in [0.3, 0.4) is 0 Å². The van der Waals surface area contributed by atoms with Crippen LogP contribution in [0.5, 0.6) is 0 Å². The Bertz CT molecular complexity index is 1560. The Hall–Kier alpha value is -5.01. The van der Waals surface area contributed by atoms with Crippen LogP contribution in [0.15, 0.2) is 90.5 Å². The first-order valence-electron chi connectivity index (χ1n) is 11.3. The maximum Gasteiger partial charge on any atom is 0.338 e. The molecule has 2 N–H and O–H groups in total. The number of rotatable bonds is 6. The van der Waals surface area contributed by atoms with Gasteiger partial charge in [0.25, 0.3) is 11.5 Å². The van der Waals surface area contributed by atoms with Gasteiger partial charge in [-0.3, -0.25) is 4.79 Å². The second-order valence-electron chi connectivity index (χ2n) is 8.31. The average molecular weight is 495 g/mol. The number of ether oxygens (including phenoxy) is 2. The third-order valence-corrected chi connectivity index (χ3v) is 6.13. The molecule has 0 bridgehead atoms. The number of aromatic nitrogens is 3. The number of esters is 1. The smallest absolute Gasteiger partial charge is 0.338 e. The summed E-state index contributed by atoms with van der Waals surface area (Å²) in [7, 11) is 0. The number of anilines is 1. The molecule has 10 nitrogen and oxygen atoms in total. The van der Waals surface area contributed by atoms with Crippen LogP contribution in [0.2, 0.25) is 0 Å². The van der Waals surface area contributed by atoms with Gasteiger partial charge in [-0.2, -0.15) is 10.4 Å². The second-order valence-corrected chi connectivity index (χ2v) is 8.31. The summed E-state index contributed by atoms with van der Waals surface area (Å²) in [4.78, 5) is 29.8. The number of carbonyl (C=O) groups is 2. The zero-order valence-corrected chi connectivity index (χ0v) is 19.7. The molecule has 1 aliphatic rings. The van der Waals surface area contributed by atoms with E-state index < -0.39 is 24.3 Å². The first-order valence-corrected chi connectivity index (χ1v) is 11.3. The minimum absolute atomic E-state index is 0.119. The predicted octanol–water partition coefficient (Wildman–Crippen LogP) is 3.22. The number of nitrogens with one attached hydrogen (secondary N) is 1. The van der Waals surface area contributed by atoms with Crippen molar-refractivity contribution >= 4 is 23.2 Å². The highest BCUT2D eigenvalue weighted by Crippen LogP contribution is 2.44. The number of hydrogen-bond donors (Lipinski definition) is 2. The van der Waals surface area contributed by atoms with Crippen molar-refractivity contribution < 1.29 is 24.2 Å². The number of nitriles is 1. The fraction of sp³-hybridized carbons (Fsp3) is 0.148. The SMILES string of the molecule is CC1=C(CO)O[C@@](C#N)(c2ccc3c(NC(=O)c4ccccc4)ncnn23)[C@H]1OC(=O)c1ccccc1. The van der Waals surface area contributed by atoms with E-state index in [4.69, 9.17) is 9.47 Å². The maximum absolute atomic E-state index is 12.9. The molecule has 0 aliphatic carbocycles. The number of carbonyl (C=O) groups excluding carboxylic acids is 2. The van der Waals surface area contributed by atoms with Gasteiger partial charge in [0, 0.05) is 11.1 Å². The van der Waals surface area contributed by atoms with E-state index in [1.807, 2.05) is 0 Å². The van der Waals surface area contributed by atoms with Gasteiger partial charge in [-0.1, -0.05) is 36.4 Å². The van der Waals surface area contributed by atoms with E-state index in [1.54, 1.807) is 79.7 Å². The lowest BCUT2D eigenvalue weighted by atomic mass is 9.91. The molecule has 1 amide bonds. The molecule has 2 aromatic heterocycles. The molecule has 184 valence electrons. The van der Waals surface area contributed by atoms with E-state index in [9.17, 15) is 20.0 Å². The lowest BCUT2D eigenvalue weighted by molar-refractivity contribution is -0.0398. The number of fused-ring (bicyclic) bond motifs is 1. The van der Waals surface area contributed by atoms with Crippen LogP contribution in [0, 0.1) is 11.3 Å². The van der Waals surface area contributed by atoms with Crippen molar-refractivity contribution in [3.8, 4) is 6.07 Å². The van der Waals surface area contributed by atoms with Crippen molar-refractivity contribution in [2.75, 3.05) is 11.9 Å². The average Bonchev–Trinajstić information content (AvgIpc) is 3.50. The van der Waals surface area contributed by atoms with Gasteiger partial charge >= 0.3 is 5.97 Å². The number of benzene rings is 2. The molecule has 0 saturated heterocycles. The monoisotopic (exact) mass is 495 g/mol. The Kier molecular flexibility index (Phi) is 6.13. The van der Waals surface area contributed by atoms with Gasteiger partial charge in [0.1, 0.15) is 36.0 Å². The molecule has 0 radical (unpaired) electrons. The third kappa shape index (κ3) is 4.07. The molecule has 2 atom stereocenters. The Morgan fingerprint density at radius 2 is 1.78 bits per heavy atom. The van der Waals surface area contributed by atoms with Crippen LogP contribution in [-0.2, 0) is 15.1 Å². The number of aliphatic hydroxyl groups is 1. The molecule has 37 heavy (non-hydrogen) atoms. The summed E-state index contributed by atoms with van der Waals surface area (Å²) in [5.41, 5.74) is -0.0881. The van der Waals surface area contributed by atoms with Gasteiger partial charge in [-0.15, -0.1) is 0 Å². The highest BCUT2D eigenvalue weighted by Gasteiger charge is 2.55. The van der Waals surface area contributed by atoms with Crippen LogP contribution in [0.25, 0.3) is 5.52 Å². The van der Waals surface area contributed by atoms with Crippen molar-refractivity contribution in [1.29, 1.82) is 5.26 Å². The van der Waals surface area contributed by atoms with Gasteiger partial charge in [-0.05, 0) is 43.3 Å². The summed E-state index contributed by atoms with van der Waals surface area (Å²) in [5.74, 6) is -0.690. The normalized spacial score (nSPS) is 18.8. The lowest BCUT2D eigenvalue weighted by Gasteiger charge is -2.28. The van der Waals surface area contributed by atoms with Gasteiger partial charge < -0.3 is 19.9 Å². The largest absolute Gasteiger partial charge is 0.464 e. The number of amides is 1. The summed E-state index contributed by atoms with van der Waals surface area (Å²) >= 11 is 0. The molecule has 0 unspecified atom stereocenters. The Morgan fingerprint density at radius 3 is 2.43 bits per heavy atom. The molecular weight excluding hydrogens is 474 g/mol. The van der Waals surface area contributed by atoms with Crippen molar-refractivity contribution in [3.63, 3.8) is 0 Å². The standard InChI is InChI=1S/C27H21N5O5/c1-17-21(14-33)37-27(15-28,23(17)36-26(35)19-10-6-3-7-11-19)22-13-12-20-24(29-16-30-32(20)22)31-25(34)18-8-4-2-5-9-18/h2-13,16,23,33H,14H2,1H3,(H,29,30,31,34)/t23-,27-/m0/s1. The van der Waals surface area contributed by atoms with Crippen LogP contribution >= 0.6 is 0 Å². The van der Waals surface area contributed by atoms with Crippen molar-refractivity contribution in [1.82, 2.24) is 14.6 Å². The number of aliphatic hydroxyl groups excluding tert-OH is 1. The minimum Gasteiger partial charge on any atom is -0.464 e. The molecule has 10 heteroatoms. The van der Waals surface area contributed by atoms with Crippen molar-refractivity contribution in [2.24, 2.45) is 0 Å². The molecule has 0 saturated carbocycles. The fourth-order valence-electron chi connectivity index (χ4n) is 4.26. The van der Waals surface area contributed by atoms with E-state index >= 15 is 0 Å². The number of hydrogen-bond acceptors (Lipinski definition) is 8. The van der Waals surface area contributed by atoms with Gasteiger partial charge in [0.05, 0.1) is 5.56 Å². The topological polar surface area (TPSA) is 139 Å². The Morgan fingerprint density at radius 1 is 1.11 bits per heavy atom. The Labute approximate surface area is 211 Å². The van der Waals surface area contributed by atoms with E-state index in [-0.39, 0.29) is 23.2 Å². The van der Waals surface area contributed by atoms with Gasteiger partial charge in [0.15, 0.2) is 11.9 Å². The zero-order valence-electron chi connectivity index (χ0n) is 19.7. The summed E-state index contributed by atoms with van der Waals surface area (Å²) < 4.78 is 13.2. The van der Waals surface area contributed by atoms with Gasteiger partial charge in [-0.25, -0.2) is 14.3 Å². The van der Waals surface area contributed by atoms with E-state index in [1.165, 1.54) is 10.8 Å². The van der Waals surface area contributed by atoms with E-state index in [2.05, 4.69) is 21.5 Å². The summed E-state index contributed by atoms with van der Waals surface area (Å²) in [6.07, 6.45) is 0.0535. The first kappa shape index (κ1) is 23.7. The summed E-state index contributed by atoms with van der Waals surface area (Å²) in [5, 5.41) is 27.3. The first-order chi connectivity index (χ1) is 18.0. The molecular formula is C27H21N5O5. The van der Waals surface area contributed by atoms with Gasteiger partial charge in [0.2, 0.25) is 0 Å². The van der Waals surface area contributed by atoms with Crippen LogP contribution in [-0.4, -0.2) is 44.3 Å². The maximum atomic E-state index is 12.9. The fourth-order valence-corrected chi connectivity index (χ4v) is 4.26. The van der Waals surface area contributed by atoms with E-state index in [0.717, 1.165) is 0 Å². The summed E-state index contributed by atoms with van der Waals surface area (Å²) in [6.45, 7) is 1.13. The molecule has 0 spiro atoms. The minimum atomic E-state index is -1.85. The molecule has 0 fully saturated rings.